The van der Waals surface area contributed by atoms with E-state index < -0.39 is 10.0 Å². The van der Waals surface area contributed by atoms with Crippen molar-refractivity contribution in [2.45, 2.75) is 42.9 Å². The lowest BCUT2D eigenvalue weighted by molar-refractivity contribution is 0.414. The van der Waals surface area contributed by atoms with Gasteiger partial charge in [0.1, 0.15) is 5.75 Å². The van der Waals surface area contributed by atoms with Crippen LogP contribution in [-0.4, -0.2) is 22.1 Å². The summed E-state index contributed by atoms with van der Waals surface area (Å²) in [7, 11) is -1.96. The van der Waals surface area contributed by atoms with Crippen LogP contribution in [0, 0.1) is 6.92 Å². The first-order valence-electron chi connectivity index (χ1n) is 8.15. The summed E-state index contributed by atoms with van der Waals surface area (Å²) in [6.45, 7) is 2.25. The molecule has 1 aliphatic rings. The van der Waals surface area contributed by atoms with E-state index in [4.69, 9.17) is 4.74 Å². The molecule has 4 nitrogen and oxygen atoms in total. The smallest absolute Gasteiger partial charge is 0.240 e. The largest absolute Gasteiger partial charge is 0.497 e. The highest BCUT2D eigenvalue weighted by Crippen LogP contribution is 2.42. The molecule has 0 saturated heterocycles. The van der Waals surface area contributed by atoms with Crippen molar-refractivity contribution >= 4 is 21.4 Å². The Labute approximate surface area is 147 Å². The van der Waals surface area contributed by atoms with Gasteiger partial charge in [0, 0.05) is 16.8 Å². The Morgan fingerprint density at radius 3 is 2.58 bits per heavy atom. The van der Waals surface area contributed by atoms with Crippen molar-refractivity contribution in [3.8, 4) is 5.75 Å². The molecule has 0 bridgehead atoms. The summed E-state index contributed by atoms with van der Waals surface area (Å²) >= 11 is 1.72. The maximum absolute atomic E-state index is 12.8. The van der Waals surface area contributed by atoms with Crippen molar-refractivity contribution in [1.29, 1.82) is 0 Å². The molecule has 3 rings (SSSR count). The number of nitrogens with one attached hydrogen (secondary N) is 1. The molecule has 2 aromatic rings. The van der Waals surface area contributed by atoms with Crippen LogP contribution in [0.1, 0.15) is 36.1 Å². The summed E-state index contributed by atoms with van der Waals surface area (Å²) in [5.41, 5.74) is 0.639. The standard InChI is InChI=1S/C18H23NO3S2/c1-14-12-15(22-2)7-8-16(14)24(20,21)19-13-18(9-3-4-10-18)17-6-5-11-23-17/h5-8,11-12,19H,3-4,9-10,13H2,1-2H3. The maximum atomic E-state index is 12.8. The number of hydrogen-bond acceptors (Lipinski definition) is 4. The van der Waals surface area contributed by atoms with E-state index in [1.165, 1.54) is 4.88 Å². The van der Waals surface area contributed by atoms with Crippen LogP contribution in [0.4, 0.5) is 0 Å². The molecule has 130 valence electrons. The quantitative estimate of drug-likeness (QED) is 0.846. The molecule has 1 aliphatic carbocycles. The van der Waals surface area contributed by atoms with E-state index in [9.17, 15) is 8.42 Å². The Balaban J connectivity index is 1.82. The molecule has 0 aliphatic heterocycles. The predicted molar refractivity (Wildman–Crippen MR) is 97.4 cm³/mol. The lowest BCUT2D eigenvalue weighted by Crippen LogP contribution is -2.38. The fourth-order valence-electron chi connectivity index (χ4n) is 3.50. The monoisotopic (exact) mass is 365 g/mol. The van der Waals surface area contributed by atoms with Gasteiger partial charge in [0.2, 0.25) is 10.0 Å². The minimum Gasteiger partial charge on any atom is -0.497 e. The first kappa shape index (κ1) is 17.5. The van der Waals surface area contributed by atoms with Crippen molar-refractivity contribution in [1.82, 2.24) is 4.72 Å². The minimum absolute atomic E-state index is 0.0540. The lowest BCUT2D eigenvalue weighted by Gasteiger charge is -2.28. The van der Waals surface area contributed by atoms with Crippen molar-refractivity contribution in [3.05, 3.63) is 46.2 Å². The summed E-state index contributed by atoms with van der Waals surface area (Å²) in [6, 6.07) is 9.22. The van der Waals surface area contributed by atoms with Crippen molar-refractivity contribution in [2.75, 3.05) is 13.7 Å². The van der Waals surface area contributed by atoms with Gasteiger partial charge in [-0.1, -0.05) is 18.9 Å². The molecule has 1 fully saturated rings. The summed E-state index contributed by atoms with van der Waals surface area (Å²) in [5, 5.41) is 2.07. The van der Waals surface area contributed by atoms with Gasteiger partial charge in [-0.2, -0.15) is 0 Å². The van der Waals surface area contributed by atoms with E-state index in [2.05, 4.69) is 16.2 Å². The van der Waals surface area contributed by atoms with Gasteiger partial charge in [-0.25, -0.2) is 13.1 Å². The topological polar surface area (TPSA) is 55.4 Å². The molecular formula is C18H23NO3S2. The van der Waals surface area contributed by atoms with Crippen molar-refractivity contribution in [3.63, 3.8) is 0 Å². The number of hydrogen-bond donors (Lipinski definition) is 1. The van der Waals surface area contributed by atoms with Gasteiger partial charge in [0.15, 0.2) is 0 Å². The second kappa shape index (κ2) is 6.86. The Morgan fingerprint density at radius 2 is 2.00 bits per heavy atom. The summed E-state index contributed by atoms with van der Waals surface area (Å²) in [6.07, 6.45) is 4.39. The molecule has 24 heavy (non-hydrogen) atoms. The second-order valence-electron chi connectivity index (χ2n) is 6.42. The van der Waals surface area contributed by atoms with Crippen LogP contribution in [0.5, 0.6) is 5.75 Å². The van der Waals surface area contributed by atoms with Gasteiger partial charge in [0.05, 0.1) is 12.0 Å². The average molecular weight is 366 g/mol. The number of thiophene rings is 1. The molecule has 0 spiro atoms. The third-order valence-corrected chi connectivity index (χ3v) is 7.55. The average Bonchev–Trinajstić information content (AvgIpc) is 3.24. The Kier molecular flexibility index (Phi) is 4.99. The van der Waals surface area contributed by atoms with Crippen LogP contribution >= 0.6 is 11.3 Å². The zero-order valence-corrected chi connectivity index (χ0v) is 15.7. The van der Waals surface area contributed by atoms with Gasteiger partial charge in [-0.3, -0.25) is 0 Å². The zero-order valence-electron chi connectivity index (χ0n) is 14.0. The van der Waals surface area contributed by atoms with E-state index in [0.717, 1.165) is 25.7 Å². The van der Waals surface area contributed by atoms with E-state index in [1.54, 1.807) is 43.6 Å². The Hall–Kier alpha value is -1.37. The van der Waals surface area contributed by atoms with E-state index in [0.29, 0.717) is 22.8 Å². The Bertz CT molecular complexity index is 792. The van der Waals surface area contributed by atoms with Gasteiger partial charge in [-0.05, 0) is 55.0 Å². The van der Waals surface area contributed by atoms with Crippen LogP contribution in [0.3, 0.4) is 0 Å². The number of rotatable bonds is 6. The van der Waals surface area contributed by atoms with Crippen LogP contribution in [0.25, 0.3) is 0 Å². The second-order valence-corrected chi connectivity index (χ2v) is 9.10. The lowest BCUT2D eigenvalue weighted by atomic mass is 9.85. The summed E-state index contributed by atoms with van der Waals surface area (Å²) in [4.78, 5) is 1.61. The molecule has 0 atom stereocenters. The van der Waals surface area contributed by atoms with Crippen LogP contribution in [0.2, 0.25) is 0 Å². The molecule has 1 saturated carbocycles. The van der Waals surface area contributed by atoms with Crippen LogP contribution < -0.4 is 9.46 Å². The van der Waals surface area contributed by atoms with Crippen molar-refractivity contribution in [2.24, 2.45) is 0 Å². The molecule has 1 aromatic carbocycles. The number of benzene rings is 1. The fraction of sp³-hybridized carbons (Fsp3) is 0.444. The van der Waals surface area contributed by atoms with E-state index in [1.807, 2.05) is 6.07 Å². The van der Waals surface area contributed by atoms with Crippen LogP contribution in [-0.2, 0) is 15.4 Å². The summed E-state index contributed by atoms with van der Waals surface area (Å²) in [5.74, 6) is 0.664. The number of sulfonamides is 1. The number of methoxy groups -OCH3 is 1. The molecule has 0 radical (unpaired) electrons. The van der Waals surface area contributed by atoms with Gasteiger partial charge >= 0.3 is 0 Å². The minimum atomic E-state index is -3.53. The molecule has 0 amide bonds. The highest BCUT2D eigenvalue weighted by Gasteiger charge is 2.37. The highest BCUT2D eigenvalue weighted by atomic mass is 32.2. The van der Waals surface area contributed by atoms with E-state index >= 15 is 0 Å². The molecule has 0 unspecified atom stereocenters. The van der Waals surface area contributed by atoms with E-state index in [-0.39, 0.29) is 5.41 Å². The maximum Gasteiger partial charge on any atom is 0.240 e. The third kappa shape index (κ3) is 3.36. The fourth-order valence-corrected chi connectivity index (χ4v) is 5.84. The number of ether oxygens (including phenoxy) is 1. The van der Waals surface area contributed by atoms with Crippen LogP contribution in [0.15, 0.2) is 40.6 Å². The normalized spacial score (nSPS) is 17.1. The number of aryl methyl sites for hydroxylation is 1. The summed E-state index contributed by atoms with van der Waals surface area (Å²) < 4.78 is 33.6. The molecule has 1 N–H and O–H groups in total. The first-order valence-corrected chi connectivity index (χ1v) is 10.5. The molecule has 1 heterocycles. The van der Waals surface area contributed by atoms with Gasteiger partial charge in [-0.15, -0.1) is 11.3 Å². The molecular weight excluding hydrogens is 342 g/mol. The third-order valence-electron chi connectivity index (χ3n) is 4.88. The van der Waals surface area contributed by atoms with Gasteiger partial charge in [0.25, 0.3) is 0 Å². The SMILES string of the molecule is COc1ccc(S(=O)(=O)NCC2(c3cccs3)CCCC2)c(C)c1. The first-order chi connectivity index (χ1) is 11.5. The molecule has 1 aromatic heterocycles. The molecule has 6 heteroatoms. The zero-order chi connectivity index (χ0) is 17.2. The highest BCUT2D eigenvalue weighted by molar-refractivity contribution is 7.89. The van der Waals surface area contributed by atoms with Crippen molar-refractivity contribution < 1.29 is 13.2 Å². The predicted octanol–water partition coefficient (Wildman–Crippen LogP) is 3.86. The Morgan fingerprint density at radius 1 is 1.25 bits per heavy atom. The van der Waals surface area contributed by atoms with Gasteiger partial charge < -0.3 is 4.74 Å².